The van der Waals surface area contributed by atoms with Gasteiger partial charge in [0, 0.05) is 34.4 Å². The fourth-order valence-electron chi connectivity index (χ4n) is 1.65. The molecule has 0 aliphatic heterocycles. The zero-order chi connectivity index (χ0) is 15.0. The first-order valence-corrected chi connectivity index (χ1v) is 8.59. The number of nitrogens with one attached hydrogen (secondary N) is 1. The van der Waals surface area contributed by atoms with E-state index in [0.29, 0.717) is 35.0 Å². The number of anilines is 2. The molecule has 1 aromatic rings. The van der Waals surface area contributed by atoms with Gasteiger partial charge in [0.2, 0.25) is 5.91 Å². The molecule has 1 amide bonds. The number of hydrogen-bond acceptors (Lipinski definition) is 3. The van der Waals surface area contributed by atoms with E-state index in [9.17, 15) is 9.00 Å². The third-order valence-corrected chi connectivity index (χ3v) is 4.61. The minimum Gasteiger partial charge on any atom is -0.397 e. The molecule has 0 saturated carbocycles. The van der Waals surface area contributed by atoms with Crippen LogP contribution in [0.4, 0.5) is 11.4 Å². The molecule has 1 aromatic carbocycles. The van der Waals surface area contributed by atoms with Crippen LogP contribution in [0.2, 0.25) is 5.02 Å². The van der Waals surface area contributed by atoms with Crippen molar-refractivity contribution in [2.24, 2.45) is 0 Å². The summed E-state index contributed by atoms with van der Waals surface area (Å²) in [5.41, 5.74) is 6.72. The SMILES string of the molecule is CCCCS(=O)CCCC(=O)Nc1ccc(Cl)c(N)c1. The molecular formula is C14H21ClN2O2S. The molecule has 0 aliphatic rings. The maximum Gasteiger partial charge on any atom is 0.224 e. The zero-order valence-corrected chi connectivity index (χ0v) is 13.2. The third kappa shape index (κ3) is 6.39. The molecule has 0 saturated heterocycles. The van der Waals surface area contributed by atoms with Gasteiger partial charge >= 0.3 is 0 Å². The Bertz CT molecular complexity index is 480. The van der Waals surface area contributed by atoms with E-state index >= 15 is 0 Å². The van der Waals surface area contributed by atoms with Crippen molar-refractivity contribution in [3.63, 3.8) is 0 Å². The highest BCUT2D eigenvalue weighted by Gasteiger charge is 2.06. The average Bonchev–Trinajstić information content (AvgIpc) is 2.40. The topological polar surface area (TPSA) is 72.2 Å². The number of nitrogen functional groups attached to an aromatic ring is 1. The van der Waals surface area contributed by atoms with E-state index in [2.05, 4.69) is 12.2 Å². The van der Waals surface area contributed by atoms with E-state index in [-0.39, 0.29) is 5.91 Å². The number of hydrogen-bond donors (Lipinski definition) is 2. The van der Waals surface area contributed by atoms with E-state index in [0.717, 1.165) is 18.6 Å². The second-order valence-corrected chi connectivity index (χ2v) is 6.69. The molecule has 1 rings (SSSR count). The van der Waals surface area contributed by atoms with Gasteiger partial charge in [-0.1, -0.05) is 24.9 Å². The average molecular weight is 317 g/mol. The molecule has 20 heavy (non-hydrogen) atoms. The Kier molecular flexibility index (Phi) is 7.62. The molecule has 0 bridgehead atoms. The molecule has 112 valence electrons. The smallest absolute Gasteiger partial charge is 0.224 e. The van der Waals surface area contributed by atoms with E-state index < -0.39 is 10.8 Å². The van der Waals surface area contributed by atoms with Crippen LogP contribution in [-0.4, -0.2) is 21.6 Å². The molecule has 4 nitrogen and oxygen atoms in total. The van der Waals surface area contributed by atoms with Gasteiger partial charge in [-0.2, -0.15) is 0 Å². The van der Waals surface area contributed by atoms with E-state index in [4.69, 9.17) is 17.3 Å². The summed E-state index contributed by atoms with van der Waals surface area (Å²) in [5.74, 6) is 1.21. The van der Waals surface area contributed by atoms with Crippen LogP contribution in [-0.2, 0) is 15.6 Å². The first-order valence-electron chi connectivity index (χ1n) is 6.72. The number of halogens is 1. The van der Waals surface area contributed by atoms with Crippen molar-refractivity contribution in [1.82, 2.24) is 0 Å². The molecule has 1 atom stereocenters. The van der Waals surface area contributed by atoms with Gasteiger partial charge in [0.05, 0.1) is 10.7 Å². The number of benzene rings is 1. The Morgan fingerprint density at radius 3 is 2.70 bits per heavy atom. The number of unbranched alkanes of at least 4 members (excludes halogenated alkanes) is 1. The molecule has 0 aromatic heterocycles. The Labute approximate surface area is 127 Å². The van der Waals surface area contributed by atoms with Crippen LogP contribution in [0.25, 0.3) is 0 Å². The van der Waals surface area contributed by atoms with Crippen LogP contribution in [0, 0.1) is 0 Å². The maximum absolute atomic E-state index is 11.7. The van der Waals surface area contributed by atoms with E-state index in [1.54, 1.807) is 18.2 Å². The normalized spacial score (nSPS) is 12.1. The molecule has 0 fully saturated rings. The lowest BCUT2D eigenvalue weighted by Gasteiger charge is -2.07. The van der Waals surface area contributed by atoms with Crippen LogP contribution in [0.5, 0.6) is 0 Å². The van der Waals surface area contributed by atoms with Crippen molar-refractivity contribution in [1.29, 1.82) is 0 Å². The second-order valence-electron chi connectivity index (χ2n) is 4.59. The predicted molar refractivity (Wildman–Crippen MR) is 86.5 cm³/mol. The van der Waals surface area contributed by atoms with Crippen molar-refractivity contribution in [2.45, 2.75) is 32.6 Å². The van der Waals surface area contributed by atoms with Crippen molar-refractivity contribution < 1.29 is 9.00 Å². The second kappa shape index (κ2) is 8.97. The highest BCUT2D eigenvalue weighted by Crippen LogP contribution is 2.22. The maximum atomic E-state index is 11.7. The van der Waals surface area contributed by atoms with Crippen LogP contribution in [0.15, 0.2) is 18.2 Å². The first-order chi connectivity index (χ1) is 9.52. The molecule has 1 unspecified atom stereocenters. The Balaban J connectivity index is 2.29. The fourth-order valence-corrected chi connectivity index (χ4v) is 3.04. The van der Waals surface area contributed by atoms with E-state index in [1.807, 2.05) is 0 Å². The summed E-state index contributed by atoms with van der Waals surface area (Å²) >= 11 is 5.81. The largest absolute Gasteiger partial charge is 0.397 e. The van der Waals surface area contributed by atoms with Gasteiger partial charge in [-0.15, -0.1) is 0 Å². The van der Waals surface area contributed by atoms with Crippen molar-refractivity contribution in [2.75, 3.05) is 22.6 Å². The van der Waals surface area contributed by atoms with Gasteiger partial charge < -0.3 is 11.1 Å². The summed E-state index contributed by atoms with van der Waals surface area (Å²) in [5, 5.41) is 3.22. The zero-order valence-electron chi connectivity index (χ0n) is 11.7. The van der Waals surface area contributed by atoms with Crippen molar-refractivity contribution >= 4 is 39.7 Å². The summed E-state index contributed by atoms with van der Waals surface area (Å²) in [6.45, 7) is 2.07. The number of amides is 1. The molecule has 0 heterocycles. The van der Waals surface area contributed by atoms with Gasteiger partial charge in [0.1, 0.15) is 0 Å². The minimum atomic E-state index is -0.807. The van der Waals surface area contributed by atoms with Crippen LogP contribution < -0.4 is 11.1 Å². The quantitative estimate of drug-likeness (QED) is 0.723. The summed E-state index contributed by atoms with van der Waals surface area (Å²) in [6.07, 6.45) is 3.01. The molecule has 3 N–H and O–H groups in total. The van der Waals surface area contributed by atoms with Gasteiger partial charge in [0.15, 0.2) is 0 Å². The molecule has 0 spiro atoms. The van der Waals surface area contributed by atoms with Crippen LogP contribution in [0.1, 0.15) is 32.6 Å². The molecular weight excluding hydrogens is 296 g/mol. The van der Waals surface area contributed by atoms with Gasteiger partial charge in [-0.25, -0.2) is 0 Å². The van der Waals surface area contributed by atoms with Gasteiger partial charge in [-0.3, -0.25) is 9.00 Å². The predicted octanol–water partition coefficient (Wildman–Crippen LogP) is 3.19. The lowest BCUT2D eigenvalue weighted by Crippen LogP contribution is -2.13. The molecule has 6 heteroatoms. The Morgan fingerprint density at radius 2 is 2.05 bits per heavy atom. The van der Waals surface area contributed by atoms with Crippen molar-refractivity contribution in [3.8, 4) is 0 Å². The minimum absolute atomic E-state index is 0.0980. The monoisotopic (exact) mass is 316 g/mol. The lowest BCUT2D eigenvalue weighted by atomic mass is 10.2. The number of rotatable bonds is 8. The van der Waals surface area contributed by atoms with Gasteiger partial charge in [-0.05, 0) is 31.0 Å². The van der Waals surface area contributed by atoms with E-state index in [1.165, 1.54) is 0 Å². The first kappa shape index (κ1) is 17.0. The summed E-state index contributed by atoms with van der Waals surface area (Å²) in [7, 11) is -0.807. The van der Waals surface area contributed by atoms with Crippen molar-refractivity contribution in [3.05, 3.63) is 23.2 Å². The summed E-state index contributed by atoms with van der Waals surface area (Å²) < 4.78 is 11.6. The number of carbonyl (C=O) groups is 1. The molecule has 0 radical (unpaired) electrons. The van der Waals surface area contributed by atoms with Gasteiger partial charge in [0.25, 0.3) is 0 Å². The number of nitrogens with two attached hydrogens (primary N) is 1. The highest BCUT2D eigenvalue weighted by molar-refractivity contribution is 7.84. The number of carbonyl (C=O) groups excluding carboxylic acids is 1. The standard InChI is InChI=1S/C14H21ClN2O2S/c1-2-3-8-20(19)9-4-5-14(18)17-11-6-7-12(15)13(16)10-11/h6-7,10H,2-5,8-9,16H2,1H3,(H,17,18). The summed E-state index contributed by atoms with van der Waals surface area (Å²) in [4.78, 5) is 11.7. The Hall–Kier alpha value is -1.07. The fraction of sp³-hybridized carbons (Fsp3) is 0.500. The lowest BCUT2D eigenvalue weighted by molar-refractivity contribution is -0.116. The molecule has 0 aliphatic carbocycles. The van der Waals surface area contributed by atoms with Crippen LogP contribution >= 0.6 is 11.6 Å². The summed E-state index contributed by atoms with van der Waals surface area (Å²) in [6, 6.07) is 4.97. The Morgan fingerprint density at radius 1 is 1.35 bits per heavy atom. The van der Waals surface area contributed by atoms with Crippen LogP contribution in [0.3, 0.4) is 0 Å². The highest BCUT2D eigenvalue weighted by atomic mass is 35.5. The third-order valence-electron chi connectivity index (χ3n) is 2.78.